The molecule has 2 aromatic heterocycles. The van der Waals surface area contributed by atoms with Gasteiger partial charge in [-0.2, -0.15) is 10.5 Å². The number of anilines is 2. The summed E-state index contributed by atoms with van der Waals surface area (Å²) in [7, 11) is 0. The molecule has 1 aliphatic rings. The van der Waals surface area contributed by atoms with Gasteiger partial charge in [0.1, 0.15) is 34.1 Å². The van der Waals surface area contributed by atoms with Gasteiger partial charge in [0, 0.05) is 13.1 Å². The normalized spacial score (nSPS) is 14.3. The first kappa shape index (κ1) is 13.5. The number of thioether (sulfide) groups is 1. The van der Waals surface area contributed by atoms with E-state index >= 15 is 0 Å². The van der Waals surface area contributed by atoms with E-state index < -0.39 is 0 Å². The second kappa shape index (κ2) is 5.15. The molecule has 0 amide bonds. The molecule has 0 aliphatic carbocycles. The summed E-state index contributed by atoms with van der Waals surface area (Å²) in [6, 6.07) is 4.23. The Bertz CT molecular complexity index is 790. The van der Waals surface area contributed by atoms with Crippen molar-refractivity contribution in [3.8, 4) is 12.1 Å². The number of aromatic nitrogens is 3. The predicted molar refractivity (Wildman–Crippen MR) is 80.1 cm³/mol. The maximum absolute atomic E-state index is 9.46. The minimum absolute atomic E-state index is 0.138. The smallest absolute Gasteiger partial charge is 0.178 e. The molecule has 7 nitrogen and oxygen atoms in total. The highest BCUT2D eigenvalue weighted by Gasteiger charge is 2.25. The van der Waals surface area contributed by atoms with Gasteiger partial charge in [0.25, 0.3) is 0 Å². The molecular formula is C13H13N7S. The molecule has 0 aromatic carbocycles. The fourth-order valence-corrected chi connectivity index (χ4v) is 3.23. The zero-order valence-electron chi connectivity index (χ0n) is 11.5. The number of hydrogen-bond acceptors (Lipinski definition) is 7. The second-order valence-electron chi connectivity index (χ2n) is 4.73. The van der Waals surface area contributed by atoms with E-state index in [-0.39, 0.29) is 5.82 Å². The van der Waals surface area contributed by atoms with Crippen LogP contribution in [0.25, 0.3) is 5.65 Å². The lowest BCUT2D eigenvalue weighted by Gasteiger charge is -2.13. The van der Waals surface area contributed by atoms with E-state index in [4.69, 9.17) is 5.73 Å². The van der Waals surface area contributed by atoms with Crippen molar-refractivity contribution in [2.75, 3.05) is 30.0 Å². The minimum Gasteiger partial charge on any atom is -0.382 e. The summed E-state index contributed by atoms with van der Waals surface area (Å²) in [5, 5.41) is 23.8. The Morgan fingerprint density at radius 1 is 1.19 bits per heavy atom. The lowest BCUT2D eigenvalue weighted by molar-refractivity contribution is 0.817. The predicted octanol–water partition coefficient (Wildman–Crippen LogP) is 1.38. The van der Waals surface area contributed by atoms with Gasteiger partial charge < -0.3 is 10.6 Å². The third kappa shape index (κ3) is 1.96. The van der Waals surface area contributed by atoms with Crippen molar-refractivity contribution in [3.05, 3.63) is 11.1 Å². The van der Waals surface area contributed by atoms with Crippen molar-refractivity contribution in [2.45, 2.75) is 17.9 Å². The molecule has 1 fully saturated rings. The Kier molecular flexibility index (Phi) is 3.32. The lowest BCUT2D eigenvalue weighted by atomic mass is 10.3. The number of fused-ring (bicyclic) bond motifs is 1. The van der Waals surface area contributed by atoms with Crippen LogP contribution in [0.15, 0.2) is 5.03 Å². The van der Waals surface area contributed by atoms with Crippen LogP contribution in [0, 0.1) is 22.7 Å². The quantitative estimate of drug-likeness (QED) is 0.659. The summed E-state index contributed by atoms with van der Waals surface area (Å²) in [4.78, 5) is 6.29. The van der Waals surface area contributed by atoms with Gasteiger partial charge in [-0.05, 0) is 19.1 Å². The van der Waals surface area contributed by atoms with E-state index in [1.807, 2.05) is 6.26 Å². The minimum atomic E-state index is 0.138. The highest BCUT2D eigenvalue weighted by atomic mass is 32.2. The van der Waals surface area contributed by atoms with Crippen LogP contribution < -0.4 is 10.6 Å². The van der Waals surface area contributed by atoms with Gasteiger partial charge in [0.15, 0.2) is 11.5 Å². The number of nitriles is 2. The Balaban J connectivity index is 2.33. The van der Waals surface area contributed by atoms with Crippen LogP contribution in [-0.4, -0.2) is 33.9 Å². The van der Waals surface area contributed by atoms with E-state index in [1.54, 1.807) is 4.52 Å². The van der Waals surface area contributed by atoms with E-state index in [0.717, 1.165) is 25.9 Å². The molecule has 0 unspecified atom stereocenters. The van der Waals surface area contributed by atoms with Gasteiger partial charge in [0.2, 0.25) is 0 Å². The highest BCUT2D eigenvalue weighted by molar-refractivity contribution is 7.98. The molecule has 3 heterocycles. The number of nitrogens with two attached hydrogens (primary N) is 1. The topological polar surface area (TPSA) is 107 Å². The first-order valence-electron chi connectivity index (χ1n) is 6.52. The monoisotopic (exact) mass is 299 g/mol. The average Bonchev–Trinajstić information content (AvgIpc) is 3.12. The maximum atomic E-state index is 9.46. The van der Waals surface area contributed by atoms with E-state index in [2.05, 4.69) is 27.1 Å². The summed E-state index contributed by atoms with van der Waals surface area (Å²) >= 11 is 1.37. The van der Waals surface area contributed by atoms with Gasteiger partial charge in [-0.3, -0.25) is 0 Å². The average molecular weight is 299 g/mol. The molecule has 1 saturated heterocycles. The molecule has 8 heteroatoms. The zero-order chi connectivity index (χ0) is 15.0. The Labute approximate surface area is 126 Å². The molecule has 2 aromatic rings. The van der Waals surface area contributed by atoms with Crippen molar-refractivity contribution >= 4 is 29.0 Å². The summed E-state index contributed by atoms with van der Waals surface area (Å²) in [6.45, 7) is 1.77. The Morgan fingerprint density at radius 3 is 2.43 bits per heavy atom. The summed E-state index contributed by atoms with van der Waals surface area (Å²) in [5.74, 6) is 0.769. The standard InChI is InChI=1S/C13H13N7S/c1-21-13-8(6-14)10(16)17-11-9(7-15)12(18-20(11)13)19-4-2-3-5-19/h2-5H2,1H3,(H2,16,17). The largest absolute Gasteiger partial charge is 0.382 e. The zero-order valence-corrected chi connectivity index (χ0v) is 12.3. The first-order valence-corrected chi connectivity index (χ1v) is 7.75. The van der Waals surface area contributed by atoms with E-state index in [1.165, 1.54) is 11.8 Å². The van der Waals surface area contributed by atoms with Crippen LogP contribution in [0.4, 0.5) is 11.6 Å². The third-order valence-electron chi connectivity index (χ3n) is 3.55. The van der Waals surface area contributed by atoms with Crippen molar-refractivity contribution in [1.82, 2.24) is 14.6 Å². The van der Waals surface area contributed by atoms with Crippen molar-refractivity contribution in [2.24, 2.45) is 0 Å². The van der Waals surface area contributed by atoms with Gasteiger partial charge in [-0.25, -0.2) is 9.50 Å². The molecule has 106 valence electrons. The first-order chi connectivity index (χ1) is 10.2. The van der Waals surface area contributed by atoms with Crippen LogP contribution in [0.1, 0.15) is 24.0 Å². The van der Waals surface area contributed by atoms with Crippen LogP contribution in [0.2, 0.25) is 0 Å². The summed E-state index contributed by atoms with van der Waals surface area (Å²) < 4.78 is 1.56. The Morgan fingerprint density at radius 2 is 1.86 bits per heavy atom. The van der Waals surface area contributed by atoms with E-state index in [0.29, 0.717) is 27.6 Å². The fourth-order valence-electron chi connectivity index (χ4n) is 2.57. The van der Waals surface area contributed by atoms with Gasteiger partial charge in [-0.15, -0.1) is 16.9 Å². The lowest BCUT2D eigenvalue weighted by Crippen LogP contribution is -2.19. The Hall–Kier alpha value is -2.45. The van der Waals surface area contributed by atoms with Gasteiger partial charge in [-0.1, -0.05) is 0 Å². The van der Waals surface area contributed by atoms with Crippen LogP contribution in [-0.2, 0) is 0 Å². The van der Waals surface area contributed by atoms with Crippen LogP contribution in [0.3, 0.4) is 0 Å². The molecule has 0 atom stereocenters. The number of nitrogens with zero attached hydrogens (tertiary/aromatic N) is 6. The summed E-state index contributed by atoms with van der Waals surface area (Å²) in [5.41, 5.74) is 6.99. The molecule has 0 spiro atoms. The fraction of sp³-hybridized carbons (Fsp3) is 0.385. The van der Waals surface area contributed by atoms with Gasteiger partial charge >= 0.3 is 0 Å². The second-order valence-corrected chi connectivity index (χ2v) is 5.53. The molecule has 0 saturated carbocycles. The molecule has 21 heavy (non-hydrogen) atoms. The van der Waals surface area contributed by atoms with Crippen molar-refractivity contribution < 1.29 is 0 Å². The molecule has 3 rings (SSSR count). The highest BCUT2D eigenvalue weighted by Crippen LogP contribution is 2.31. The maximum Gasteiger partial charge on any atom is 0.178 e. The number of rotatable bonds is 2. The molecule has 2 N–H and O–H groups in total. The van der Waals surface area contributed by atoms with Crippen molar-refractivity contribution in [3.63, 3.8) is 0 Å². The number of nitrogen functional groups attached to an aromatic ring is 1. The number of hydrogen-bond donors (Lipinski definition) is 1. The molecule has 0 radical (unpaired) electrons. The van der Waals surface area contributed by atoms with Crippen LogP contribution in [0.5, 0.6) is 0 Å². The molecule has 0 bridgehead atoms. The molecule has 1 aliphatic heterocycles. The molecular weight excluding hydrogens is 286 g/mol. The SMILES string of the molecule is CSc1c(C#N)c(N)nc2c(C#N)c(N3CCCC3)nn12. The van der Waals surface area contributed by atoms with Gasteiger partial charge in [0.05, 0.1) is 0 Å². The van der Waals surface area contributed by atoms with E-state index in [9.17, 15) is 10.5 Å². The van der Waals surface area contributed by atoms with Crippen LogP contribution >= 0.6 is 11.8 Å². The summed E-state index contributed by atoms with van der Waals surface area (Å²) in [6.07, 6.45) is 4.03. The third-order valence-corrected chi connectivity index (χ3v) is 4.32. The van der Waals surface area contributed by atoms with Crippen molar-refractivity contribution in [1.29, 1.82) is 10.5 Å².